The molecule has 0 N–H and O–H groups in total. The zero-order valence-electron chi connectivity index (χ0n) is 14.1. The van der Waals surface area contributed by atoms with Crippen LogP contribution in [-0.4, -0.2) is 29.0 Å². The lowest BCUT2D eigenvalue weighted by Crippen LogP contribution is -2.07. The van der Waals surface area contributed by atoms with Gasteiger partial charge in [0, 0.05) is 29.5 Å². The van der Waals surface area contributed by atoms with E-state index >= 15 is 0 Å². The van der Waals surface area contributed by atoms with Gasteiger partial charge in [0.1, 0.15) is 0 Å². The monoisotopic (exact) mass is 412 g/mol. The summed E-state index contributed by atoms with van der Waals surface area (Å²) in [6, 6.07) is 2.79. The lowest BCUT2D eigenvalue weighted by Gasteiger charge is -2.08. The van der Waals surface area contributed by atoms with Gasteiger partial charge < -0.3 is 0 Å². The van der Waals surface area contributed by atoms with E-state index in [0.717, 1.165) is 29.3 Å². The van der Waals surface area contributed by atoms with Gasteiger partial charge in [-0.2, -0.15) is 13.2 Å². The summed E-state index contributed by atoms with van der Waals surface area (Å²) in [5.74, 6) is 0.979. The lowest BCUT2D eigenvalue weighted by molar-refractivity contribution is -0.137. The van der Waals surface area contributed by atoms with E-state index in [1.807, 2.05) is 30.5 Å². The van der Waals surface area contributed by atoms with Gasteiger partial charge in [-0.25, -0.2) is 9.97 Å². The predicted octanol–water partition coefficient (Wildman–Crippen LogP) is 4.35. The number of halogens is 4. The normalized spacial score (nSPS) is 12.4. The van der Waals surface area contributed by atoms with E-state index in [-0.39, 0.29) is 10.7 Å². The van der Waals surface area contributed by atoms with Crippen LogP contribution in [0, 0.1) is 13.8 Å². The Morgan fingerprint density at radius 2 is 1.85 bits per heavy atom. The number of pyridine rings is 1. The zero-order valence-corrected chi connectivity index (χ0v) is 15.7. The second-order valence-electron chi connectivity index (χ2n) is 5.98. The molecule has 4 heterocycles. The fourth-order valence-corrected chi connectivity index (χ4v) is 3.75. The van der Waals surface area contributed by atoms with E-state index in [1.165, 1.54) is 16.2 Å². The molecule has 0 saturated carbocycles. The molecule has 0 spiro atoms. The Morgan fingerprint density at radius 1 is 1.07 bits per heavy atom. The van der Waals surface area contributed by atoms with Gasteiger partial charge in [0.15, 0.2) is 10.8 Å². The van der Waals surface area contributed by atoms with Crippen molar-refractivity contribution in [3.63, 3.8) is 0 Å². The fourth-order valence-electron chi connectivity index (χ4n) is 2.71. The summed E-state index contributed by atoms with van der Waals surface area (Å²) >= 11 is 7.15. The number of alkyl halides is 3. The Morgan fingerprint density at radius 3 is 2.59 bits per heavy atom. The number of nitrogens with zero attached hydrogens (tertiary/aromatic N) is 6. The molecule has 0 amide bonds. The maximum Gasteiger partial charge on any atom is 0.417 e. The van der Waals surface area contributed by atoms with Gasteiger partial charge in [-0.15, -0.1) is 10.2 Å². The number of thioether (sulfide) groups is 1. The van der Waals surface area contributed by atoms with Crippen LogP contribution in [0.4, 0.5) is 13.2 Å². The molecular formula is C16H12ClF3N6S. The van der Waals surface area contributed by atoms with Crippen LogP contribution in [0.5, 0.6) is 0 Å². The summed E-state index contributed by atoms with van der Waals surface area (Å²) in [6.45, 7) is 3.84. The molecule has 4 aromatic rings. The SMILES string of the molecule is Cc1cc(C)n2cc(CSc3nnc4c(Cl)cc(C(F)(F)F)cn34)nc2n1. The fraction of sp³-hybridized carbons (Fsp3) is 0.250. The molecule has 0 fully saturated rings. The third-order valence-corrected chi connectivity index (χ3v) is 5.17. The van der Waals surface area contributed by atoms with Crippen molar-refractivity contribution in [3.05, 3.63) is 52.2 Å². The molecule has 27 heavy (non-hydrogen) atoms. The molecule has 0 saturated heterocycles. The third kappa shape index (κ3) is 3.34. The van der Waals surface area contributed by atoms with Crippen molar-refractivity contribution in [2.45, 2.75) is 30.9 Å². The zero-order chi connectivity index (χ0) is 19.3. The summed E-state index contributed by atoms with van der Waals surface area (Å²) < 4.78 is 42.2. The highest BCUT2D eigenvalue weighted by atomic mass is 35.5. The molecule has 0 unspecified atom stereocenters. The molecular weight excluding hydrogens is 401 g/mol. The van der Waals surface area contributed by atoms with Crippen LogP contribution >= 0.6 is 23.4 Å². The minimum absolute atomic E-state index is 0.104. The molecule has 0 radical (unpaired) electrons. The van der Waals surface area contributed by atoms with E-state index in [9.17, 15) is 13.2 Å². The van der Waals surface area contributed by atoms with Crippen LogP contribution in [0.1, 0.15) is 22.6 Å². The van der Waals surface area contributed by atoms with Crippen molar-refractivity contribution >= 4 is 34.8 Å². The number of hydrogen-bond acceptors (Lipinski definition) is 5. The van der Waals surface area contributed by atoms with Gasteiger partial charge >= 0.3 is 6.18 Å². The van der Waals surface area contributed by atoms with Crippen molar-refractivity contribution in [2.75, 3.05) is 0 Å². The van der Waals surface area contributed by atoms with Gasteiger partial charge in [0.05, 0.1) is 16.3 Å². The van der Waals surface area contributed by atoms with E-state index in [4.69, 9.17) is 11.6 Å². The second kappa shape index (κ2) is 6.38. The quantitative estimate of drug-likeness (QED) is 0.468. The highest BCUT2D eigenvalue weighted by Crippen LogP contribution is 2.33. The van der Waals surface area contributed by atoms with Crippen LogP contribution in [0.2, 0.25) is 5.02 Å². The van der Waals surface area contributed by atoms with Crippen LogP contribution < -0.4 is 0 Å². The van der Waals surface area contributed by atoms with Gasteiger partial charge in [-0.05, 0) is 26.0 Å². The van der Waals surface area contributed by atoms with Gasteiger partial charge in [0.25, 0.3) is 0 Å². The molecule has 0 atom stereocenters. The summed E-state index contributed by atoms with van der Waals surface area (Å²) in [4.78, 5) is 8.83. The molecule has 0 aromatic carbocycles. The Kier molecular flexibility index (Phi) is 4.26. The largest absolute Gasteiger partial charge is 0.417 e. The number of fused-ring (bicyclic) bond motifs is 2. The van der Waals surface area contributed by atoms with Crippen molar-refractivity contribution in [3.8, 4) is 0 Å². The highest BCUT2D eigenvalue weighted by Gasteiger charge is 2.32. The molecule has 0 aliphatic heterocycles. The minimum Gasteiger partial charge on any atom is -0.288 e. The molecule has 11 heteroatoms. The Balaban J connectivity index is 1.66. The molecule has 140 valence electrons. The highest BCUT2D eigenvalue weighted by molar-refractivity contribution is 7.98. The average Bonchev–Trinajstić information content (AvgIpc) is 3.16. The third-order valence-electron chi connectivity index (χ3n) is 3.92. The topological polar surface area (TPSA) is 60.4 Å². The average molecular weight is 413 g/mol. The van der Waals surface area contributed by atoms with Crippen LogP contribution in [-0.2, 0) is 11.9 Å². The molecule has 4 aromatic heterocycles. The molecule has 0 aliphatic rings. The number of aromatic nitrogens is 6. The van der Waals surface area contributed by atoms with E-state index < -0.39 is 11.7 Å². The van der Waals surface area contributed by atoms with Crippen LogP contribution in [0.25, 0.3) is 11.4 Å². The van der Waals surface area contributed by atoms with Crippen molar-refractivity contribution in [1.29, 1.82) is 0 Å². The Labute approximate surface area is 160 Å². The van der Waals surface area contributed by atoms with Crippen LogP contribution in [0.3, 0.4) is 0 Å². The van der Waals surface area contributed by atoms with Crippen molar-refractivity contribution in [2.24, 2.45) is 0 Å². The molecule has 4 rings (SSSR count). The summed E-state index contributed by atoms with van der Waals surface area (Å²) in [5.41, 5.74) is 1.91. The minimum atomic E-state index is -4.51. The Hall–Kier alpha value is -2.33. The first-order valence-electron chi connectivity index (χ1n) is 7.79. The first kappa shape index (κ1) is 18.1. The smallest absolute Gasteiger partial charge is 0.288 e. The number of aryl methyl sites for hydroxylation is 2. The maximum atomic E-state index is 13.0. The van der Waals surface area contributed by atoms with E-state index in [0.29, 0.717) is 16.7 Å². The van der Waals surface area contributed by atoms with Crippen molar-refractivity contribution < 1.29 is 13.2 Å². The molecule has 6 nitrogen and oxygen atoms in total. The van der Waals surface area contributed by atoms with E-state index in [1.54, 1.807) is 0 Å². The summed E-state index contributed by atoms with van der Waals surface area (Å²) in [6.07, 6.45) is -1.71. The first-order valence-corrected chi connectivity index (χ1v) is 9.15. The van der Waals surface area contributed by atoms with E-state index in [2.05, 4.69) is 20.2 Å². The second-order valence-corrected chi connectivity index (χ2v) is 7.33. The number of rotatable bonds is 3. The Bertz CT molecular complexity index is 1170. The molecule has 0 aliphatic carbocycles. The van der Waals surface area contributed by atoms with Crippen molar-refractivity contribution in [1.82, 2.24) is 29.0 Å². The first-order chi connectivity index (χ1) is 12.7. The molecule has 0 bridgehead atoms. The van der Waals surface area contributed by atoms with Gasteiger partial charge in [-0.1, -0.05) is 23.4 Å². The van der Waals surface area contributed by atoms with Crippen LogP contribution in [0.15, 0.2) is 29.7 Å². The number of imidazole rings is 1. The van der Waals surface area contributed by atoms with Gasteiger partial charge in [-0.3, -0.25) is 8.80 Å². The van der Waals surface area contributed by atoms with Gasteiger partial charge in [0.2, 0.25) is 5.78 Å². The lowest BCUT2D eigenvalue weighted by atomic mass is 10.3. The summed E-state index contributed by atoms with van der Waals surface area (Å²) in [7, 11) is 0. The summed E-state index contributed by atoms with van der Waals surface area (Å²) in [5, 5.41) is 8.03. The maximum absolute atomic E-state index is 13.0. The predicted molar refractivity (Wildman–Crippen MR) is 95.0 cm³/mol. The standard InChI is InChI=1S/C16H12ClF3N6S/c1-8-3-9(2)25-6-11(22-14(25)21-8)7-27-15-24-23-13-12(17)4-10(5-26(13)15)16(18,19)20/h3-6H,7H2,1-2H3. The number of hydrogen-bond donors (Lipinski definition) is 0.